The molecule has 1 rings (SSSR count). The van der Waals surface area contributed by atoms with Crippen LogP contribution < -0.4 is 5.22 Å². The summed E-state index contributed by atoms with van der Waals surface area (Å²) in [4.78, 5) is 13.7. The van der Waals surface area contributed by atoms with E-state index < -0.39 is 5.60 Å². The molecule has 19 heavy (non-hydrogen) atoms. The minimum absolute atomic E-state index is 0.109. The van der Waals surface area contributed by atoms with Gasteiger partial charge in [-0.05, 0) is 39.8 Å². The summed E-state index contributed by atoms with van der Waals surface area (Å²) < 4.78 is 10.7. The summed E-state index contributed by atoms with van der Waals surface area (Å²) in [7, 11) is 0. The Hall–Kier alpha value is -1.50. The highest BCUT2D eigenvalue weighted by molar-refractivity contribution is 5.92. The molecule has 0 unspecified atom stereocenters. The van der Waals surface area contributed by atoms with Gasteiger partial charge in [0, 0.05) is 13.2 Å². The van der Waals surface area contributed by atoms with Crippen LogP contribution in [0.2, 0.25) is 0 Å². The Morgan fingerprint density at radius 3 is 2.79 bits per heavy atom. The fourth-order valence-corrected chi connectivity index (χ4v) is 1.86. The van der Waals surface area contributed by atoms with Crippen LogP contribution in [0.25, 0.3) is 5.53 Å². The molecule has 1 heterocycles. The van der Waals surface area contributed by atoms with E-state index in [0.29, 0.717) is 31.9 Å². The van der Waals surface area contributed by atoms with Crippen LogP contribution in [0.1, 0.15) is 34.1 Å². The Bertz CT molecular complexity index is 362. The molecule has 0 aromatic rings. The van der Waals surface area contributed by atoms with Crippen molar-refractivity contribution in [2.24, 2.45) is 5.10 Å². The van der Waals surface area contributed by atoms with Gasteiger partial charge in [0.1, 0.15) is 5.60 Å². The number of hydrazone groups is 1. The Morgan fingerprint density at radius 2 is 2.26 bits per heavy atom. The number of carbonyl (C=O) groups is 1. The van der Waals surface area contributed by atoms with Crippen molar-refractivity contribution in [3.63, 3.8) is 0 Å². The molecule has 1 aliphatic rings. The van der Waals surface area contributed by atoms with E-state index in [-0.39, 0.29) is 12.1 Å². The molecule has 7 heteroatoms. The molecular formula is C12H22N4O3. The van der Waals surface area contributed by atoms with E-state index in [1.54, 1.807) is 10.1 Å². The first-order valence-electron chi connectivity index (χ1n) is 6.39. The third-order valence-electron chi connectivity index (χ3n) is 2.62. The summed E-state index contributed by atoms with van der Waals surface area (Å²) in [6, 6.07) is -0.109. The van der Waals surface area contributed by atoms with Gasteiger partial charge in [-0.25, -0.2) is 4.79 Å². The molecule has 0 saturated carbocycles. The molecule has 1 saturated heterocycles. The normalized spacial score (nSPS) is 21.8. The number of carbonyl (C=O) groups excluding carboxylic acids is 1. The van der Waals surface area contributed by atoms with Crippen molar-refractivity contribution in [1.29, 1.82) is 0 Å². The molecule has 1 N–H and O–H groups in total. The highest BCUT2D eigenvalue weighted by atomic mass is 16.6. The number of likely N-dealkylation sites (tertiary alicyclic amines) is 1. The second kappa shape index (κ2) is 6.60. The van der Waals surface area contributed by atoms with Crippen LogP contribution >= 0.6 is 0 Å². The topological polar surface area (TPSA) is 87.4 Å². The zero-order valence-electron chi connectivity index (χ0n) is 12.0. The Morgan fingerprint density at radius 1 is 1.58 bits per heavy atom. The van der Waals surface area contributed by atoms with Crippen molar-refractivity contribution in [1.82, 2.24) is 4.90 Å². The number of rotatable bonds is 4. The van der Waals surface area contributed by atoms with Gasteiger partial charge in [0.25, 0.3) is 0 Å². The van der Waals surface area contributed by atoms with Crippen LogP contribution in [-0.4, -0.2) is 48.1 Å². The van der Waals surface area contributed by atoms with Gasteiger partial charge in [-0.3, -0.25) is 4.90 Å². The van der Waals surface area contributed by atoms with Crippen LogP contribution in [0, 0.1) is 0 Å². The van der Waals surface area contributed by atoms with Crippen molar-refractivity contribution in [2.45, 2.75) is 45.8 Å². The molecule has 0 spiro atoms. The van der Waals surface area contributed by atoms with E-state index in [9.17, 15) is 4.79 Å². The Labute approximate surface area is 113 Å². The minimum atomic E-state index is -0.539. The first-order chi connectivity index (χ1) is 8.87. The third kappa shape index (κ3) is 4.94. The van der Waals surface area contributed by atoms with Crippen LogP contribution in [-0.2, 0) is 9.47 Å². The maximum Gasteiger partial charge on any atom is 0.410 e. The third-order valence-corrected chi connectivity index (χ3v) is 2.62. The van der Waals surface area contributed by atoms with E-state index in [1.807, 2.05) is 27.7 Å². The maximum absolute atomic E-state index is 12.1. The van der Waals surface area contributed by atoms with Crippen LogP contribution in [0.15, 0.2) is 5.10 Å². The summed E-state index contributed by atoms with van der Waals surface area (Å²) in [5, 5.41) is 5.49. The van der Waals surface area contributed by atoms with Crippen LogP contribution in [0.5, 0.6) is 0 Å². The van der Waals surface area contributed by atoms with Gasteiger partial charge in [-0.15, -0.1) is 0 Å². The van der Waals surface area contributed by atoms with Crippen LogP contribution in [0.4, 0.5) is 4.79 Å². The molecule has 0 aromatic carbocycles. The lowest BCUT2D eigenvalue weighted by atomic mass is 10.2. The molecule has 108 valence electrons. The van der Waals surface area contributed by atoms with Crippen molar-refractivity contribution < 1.29 is 19.5 Å². The smallest absolute Gasteiger partial charge is 0.410 e. The van der Waals surface area contributed by atoms with Crippen molar-refractivity contribution >= 4 is 11.8 Å². The number of amides is 1. The molecule has 1 aliphatic heterocycles. The first-order valence-corrected chi connectivity index (χ1v) is 6.39. The lowest BCUT2D eigenvalue weighted by Gasteiger charge is -2.28. The molecular weight excluding hydrogens is 248 g/mol. The van der Waals surface area contributed by atoms with Crippen LogP contribution in [0.3, 0.4) is 0 Å². The predicted molar refractivity (Wildman–Crippen MR) is 69.6 cm³/mol. The van der Waals surface area contributed by atoms with E-state index >= 15 is 0 Å². The molecule has 0 radical (unpaired) electrons. The summed E-state index contributed by atoms with van der Waals surface area (Å²) in [5.74, 6) is 0. The fraction of sp³-hybridized carbons (Fsp3) is 0.833. The largest absolute Gasteiger partial charge is 0.444 e. The summed E-state index contributed by atoms with van der Waals surface area (Å²) in [6.07, 6.45) is 0.174. The van der Waals surface area contributed by atoms with Crippen molar-refractivity contribution in [2.75, 3.05) is 19.8 Å². The average Bonchev–Trinajstić information content (AvgIpc) is 2.68. The average molecular weight is 270 g/mol. The predicted octanol–water partition coefficient (Wildman–Crippen LogP) is 0.491. The lowest BCUT2D eigenvalue weighted by molar-refractivity contribution is -0.486. The second-order valence-electron chi connectivity index (χ2n) is 5.40. The van der Waals surface area contributed by atoms with Gasteiger partial charge < -0.3 is 9.47 Å². The van der Waals surface area contributed by atoms with Gasteiger partial charge in [-0.1, -0.05) is 0 Å². The monoisotopic (exact) mass is 270 g/mol. The minimum Gasteiger partial charge on any atom is -0.444 e. The molecule has 0 bridgehead atoms. The summed E-state index contributed by atoms with van der Waals surface area (Å²) >= 11 is 0. The Balaban J connectivity index is 2.73. The van der Waals surface area contributed by atoms with Gasteiger partial charge in [-0.2, -0.15) is 15.9 Å². The molecule has 7 nitrogen and oxygen atoms in total. The van der Waals surface area contributed by atoms with Crippen molar-refractivity contribution in [3.8, 4) is 0 Å². The number of hydrogen-bond acceptors (Lipinski definition) is 3. The Kier molecular flexibility index (Phi) is 5.41. The van der Waals surface area contributed by atoms with Gasteiger partial charge in [0.05, 0.1) is 12.6 Å². The zero-order chi connectivity index (χ0) is 14.5. The lowest BCUT2D eigenvalue weighted by Crippen LogP contribution is -2.55. The van der Waals surface area contributed by atoms with Gasteiger partial charge in [0.2, 0.25) is 0 Å². The van der Waals surface area contributed by atoms with E-state index in [1.165, 1.54) is 0 Å². The number of nitrogens with zero attached hydrogens (tertiary/aromatic N) is 3. The molecule has 0 aromatic heterocycles. The summed E-state index contributed by atoms with van der Waals surface area (Å²) in [5.41, 5.74) is 8.75. The molecule has 1 amide bonds. The van der Waals surface area contributed by atoms with Gasteiger partial charge in [0.15, 0.2) is 0 Å². The fourth-order valence-electron chi connectivity index (χ4n) is 1.86. The van der Waals surface area contributed by atoms with E-state index in [4.69, 9.17) is 15.0 Å². The van der Waals surface area contributed by atoms with E-state index in [0.717, 1.165) is 0 Å². The van der Waals surface area contributed by atoms with Crippen molar-refractivity contribution in [3.05, 3.63) is 5.53 Å². The SMILES string of the molecule is CCOC[C@@H]1C/C(=N\[NH+]=[N-])CN1C(=O)OC(C)(C)C. The highest BCUT2D eigenvalue weighted by Crippen LogP contribution is 2.19. The number of nitrogens with one attached hydrogen (secondary N) is 1. The maximum atomic E-state index is 12.1. The zero-order valence-corrected chi connectivity index (χ0v) is 12.0. The number of ether oxygens (including phenoxy) is 2. The van der Waals surface area contributed by atoms with E-state index in [2.05, 4.69) is 5.10 Å². The standard InChI is InChI=1S/C12H22N4O3/c1-5-18-8-10-6-9(14-15-13)7-16(10)11(17)19-12(2,3)4/h10,15H,5-8H2,1-4H3/b14-9+/t10-/m0/s1. The van der Waals surface area contributed by atoms with Gasteiger partial charge >= 0.3 is 6.09 Å². The highest BCUT2D eigenvalue weighted by Gasteiger charge is 2.34. The summed E-state index contributed by atoms with van der Waals surface area (Å²) in [6.45, 7) is 8.72. The first kappa shape index (κ1) is 15.6. The number of hydrogen-bond donors (Lipinski definition) is 1. The molecule has 1 fully saturated rings. The molecule has 1 atom stereocenters. The second-order valence-corrected chi connectivity index (χ2v) is 5.40. The molecule has 0 aliphatic carbocycles. The quantitative estimate of drug-likeness (QED) is 0.595.